The summed E-state index contributed by atoms with van der Waals surface area (Å²) in [5.74, 6) is -1.06. The van der Waals surface area contributed by atoms with Crippen molar-refractivity contribution in [2.45, 2.75) is 50.6 Å². The van der Waals surface area contributed by atoms with Crippen molar-refractivity contribution in [1.82, 2.24) is 10.2 Å². The van der Waals surface area contributed by atoms with Crippen LogP contribution < -0.4 is 14.4 Å². The van der Waals surface area contributed by atoms with Crippen LogP contribution in [0.25, 0.3) is 0 Å². The molecule has 3 aromatic rings. The number of halogens is 2. The van der Waals surface area contributed by atoms with Crippen molar-refractivity contribution in [3.05, 3.63) is 89.2 Å². The van der Waals surface area contributed by atoms with E-state index in [2.05, 4.69) is 5.32 Å². The van der Waals surface area contributed by atoms with Crippen LogP contribution in [-0.2, 0) is 26.2 Å². The molecular weight excluding hydrogens is 569 g/mol. The first-order valence-corrected chi connectivity index (χ1v) is 15.2. The lowest BCUT2D eigenvalue weighted by Gasteiger charge is -2.33. The average Bonchev–Trinajstić information content (AvgIpc) is 2.97. The topological polar surface area (TPSA) is 96.0 Å². The zero-order valence-corrected chi connectivity index (χ0v) is 24.9. The monoisotopic (exact) mass is 603 g/mol. The second kappa shape index (κ2) is 14.8. The number of amides is 2. The number of methoxy groups -OCH3 is 1. The number of carbonyl (C=O) groups is 2. The number of hydrogen-bond acceptors (Lipinski definition) is 5. The van der Waals surface area contributed by atoms with Crippen LogP contribution in [0.4, 0.5) is 10.1 Å². The van der Waals surface area contributed by atoms with Crippen molar-refractivity contribution >= 4 is 39.1 Å². The smallest absolute Gasteiger partial charge is 0.264 e. The molecule has 2 amide bonds. The molecule has 0 heterocycles. The lowest BCUT2D eigenvalue weighted by molar-refractivity contribution is -0.140. The summed E-state index contributed by atoms with van der Waals surface area (Å²) in [4.78, 5) is 28.5. The second-order valence-electron chi connectivity index (χ2n) is 9.36. The third-order valence-corrected chi connectivity index (χ3v) is 8.60. The molecule has 8 nitrogen and oxygen atoms in total. The van der Waals surface area contributed by atoms with Crippen molar-refractivity contribution in [1.29, 1.82) is 0 Å². The minimum Gasteiger partial charge on any atom is -0.495 e. The van der Waals surface area contributed by atoms with Crippen LogP contribution >= 0.6 is 11.6 Å². The van der Waals surface area contributed by atoms with E-state index in [1.54, 1.807) is 25.1 Å². The van der Waals surface area contributed by atoms with E-state index >= 15 is 0 Å². The third kappa shape index (κ3) is 8.20. The van der Waals surface area contributed by atoms with Crippen molar-refractivity contribution in [2.75, 3.05) is 24.5 Å². The van der Waals surface area contributed by atoms with Gasteiger partial charge in [0.1, 0.15) is 24.2 Å². The average molecular weight is 604 g/mol. The van der Waals surface area contributed by atoms with Gasteiger partial charge in [0, 0.05) is 13.1 Å². The van der Waals surface area contributed by atoms with E-state index in [1.807, 2.05) is 6.92 Å². The van der Waals surface area contributed by atoms with Crippen LogP contribution in [0.15, 0.2) is 77.7 Å². The number of hydrogen-bond donors (Lipinski definition) is 1. The molecule has 0 unspecified atom stereocenters. The van der Waals surface area contributed by atoms with E-state index in [4.69, 9.17) is 16.3 Å². The summed E-state index contributed by atoms with van der Waals surface area (Å²) in [5.41, 5.74) is 0.736. The van der Waals surface area contributed by atoms with Crippen molar-refractivity contribution in [3.8, 4) is 5.75 Å². The number of nitrogens with one attached hydrogen (secondary N) is 1. The fourth-order valence-corrected chi connectivity index (χ4v) is 5.95. The second-order valence-corrected chi connectivity index (χ2v) is 11.6. The van der Waals surface area contributed by atoms with E-state index in [1.165, 1.54) is 66.6 Å². The lowest BCUT2D eigenvalue weighted by atomic mass is 10.1. The Balaban J connectivity index is 2.05. The number of ether oxygens (including phenoxy) is 1. The van der Waals surface area contributed by atoms with Gasteiger partial charge in [-0.15, -0.1) is 0 Å². The van der Waals surface area contributed by atoms with E-state index in [9.17, 15) is 22.4 Å². The van der Waals surface area contributed by atoms with E-state index in [-0.39, 0.29) is 34.5 Å². The van der Waals surface area contributed by atoms with Gasteiger partial charge in [0.05, 0.1) is 22.7 Å². The molecule has 0 radical (unpaired) electrons. The maximum absolute atomic E-state index is 14.0. The molecule has 1 atom stereocenters. The maximum Gasteiger partial charge on any atom is 0.264 e. The molecule has 0 saturated carbocycles. The molecule has 41 heavy (non-hydrogen) atoms. The summed E-state index contributed by atoms with van der Waals surface area (Å²) in [6, 6.07) is 16.9. The standard InChI is InChI=1S/C30H35ClFN3O5S/c1-4-6-18-33-30(37)27(5-2)34(20-22-12-14-23(32)15-13-22)29(36)21-35(24-16-17-28(40-3)26(31)19-24)41(38,39)25-10-8-7-9-11-25/h7-17,19,27H,4-6,18,20-21H2,1-3H3,(H,33,37)/t27-/m0/s1. The molecular formula is C30H35ClFN3O5S. The zero-order valence-electron chi connectivity index (χ0n) is 23.3. The summed E-state index contributed by atoms with van der Waals surface area (Å²) in [5, 5.41) is 3.03. The van der Waals surface area contributed by atoms with Gasteiger partial charge >= 0.3 is 0 Å². The van der Waals surface area contributed by atoms with Gasteiger partial charge in [-0.05, 0) is 60.9 Å². The molecule has 220 valence electrons. The number of anilines is 1. The zero-order chi connectivity index (χ0) is 30.0. The summed E-state index contributed by atoms with van der Waals surface area (Å²) in [6.07, 6.45) is 1.94. The fourth-order valence-electron chi connectivity index (χ4n) is 4.27. The lowest BCUT2D eigenvalue weighted by Crippen LogP contribution is -2.52. The Hall–Kier alpha value is -3.63. The van der Waals surface area contributed by atoms with E-state index in [0.29, 0.717) is 17.9 Å². The van der Waals surface area contributed by atoms with Gasteiger partial charge in [-0.2, -0.15) is 0 Å². The Bertz CT molecular complexity index is 1420. The number of nitrogens with zero attached hydrogens (tertiary/aromatic N) is 2. The molecule has 0 fully saturated rings. The van der Waals surface area contributed by atoms with Crippen LogP contribution in [0.5, 0.6) is 5.75 Å². The van der Waals surface area contributed by atoms with Crippen LogP contribution in [0, 0.1) is 5.82 Å². The highest BCUT2D eigenvalue weighted by atomic mass is 35.5. The molecule has 0 spiro atoms. The number of benzene rings is 3. The summed E-state index contributed by atoms with van der Waals surface area (Å²) in [6.45, 7) is 3.59. The number of sulfonamides is 1. The first kappa shape index (κ1) is 31.9. The highest BCUT2D eigenvalue weighted by Gasteiger charge is 2.33. The quantitative estimate of drug-likeness (QED) is 0.249. The van der Waals surface area contributed by atoms with Crippen molar-refractivity contribution in [3.63, 3.8) is 0 Å². The normalized spacial score (nSPS) is 11.9. The van der Waals surface area contributed by atoms with Gasteiger partial charge in [-0.1, -0.05) is 62.2 Å². The third-order valence-electron chi connectivity index (χ3n) is 6.52. The Morgan fingerprint density at radius 3 is 2.29 bits per heavy atom. The highest BCUT2D eigenvalue weighted by Crippen LogP contribution is 2.32. The van der Waals surface area contributed by atoms with Crippen molar-refractivity contribution in [2.24, 2.45) is 0 Å². The van der Waals surface area contributed by atoms with Crippen molar-refractivity contribution < 1.29 is 27.1 Å². The molecule has 0 aliphatic heterocycles. The van der Waals surface area contributed by atoms with Gasteiger partial charge in [-0.25, -0.2) is 12.8 Å². The fraction of sp³-hybridized carbons (Fsp3) is 0.333. The molecule has 1 N–H and O–H groups in total. The first-order chi connectivity index (χ1) is 19.6. The highest BCUT2D eigenvalue weighted by molar-refractivity contribution is 7.92. The maximum atomic E-state index is 14.0. The predicted octanol–water partition coefficient (Wildman–Crippen LogP) is 5.41. The van der Waals surface area contributed by atoms with Crippen LogP contribution in [-0.4, -0.2) is 51.4 Å². The van der Waals surface area contributed by atoms with Crippen LogP contribution in [0.2, 0.25) is 5.02 Å². The van der Waals surface area contributed by atoms with Gasteiger partial charge in [-0.3, -0.25) is 13.9 Å². The molecule has 11 heteroatoms. The Labute approximate surface area is 246 Å². The Morgan fingerprint density at radius 2 is 1.71 bits per heavy atom. The predicted molar refractivity (Wildman–Crippen MR) is 158 cm³/mol. The molecule has 3 aromatic carbocycles. The largest absolute Gasteiger partial charge is 0.495 e. The van der Waals surface area contributed by atoms with Gasteiger partial charge < -0.3 is 15.0 Å². The molecule has 0 aliphatic carbocycles. The molecule has 0 saturated heterocycles. The number of carbonyl (C=O) groups excluding carboxylic acids is 2. The first-order valence-electron chi connectivity index (χ1n) is 13.3. The van der Waals surface area contributed by atoms with E-state index < -0.39 is 34.3 Å². The summed E-state index contributed by atoms with van der Waals surface area (Å²) < 4.78 is 47.5. The van der Waals surface area contributed by atoms with E-state index in [0.717, 1.165) is 17.1 Å². The van der Waals surface area contributed by atoms with Crippen LogP contribution in [0.1, 0.15) is 38.7 Å². The summed E-state index contributed by atoms with van der Waals surface area (Å²) in [7, 11) is -2.79. The Kier molecular flexibility index (Phi) is 11.5. The molecule has 0 aromatic heterocycles. The molecule has 0 aliphatic rings. The Morgan fingerprint density at radius 1 is 1.02 bits per heavy atom. The minimum absolute atomic E-state index is 0.0193. The number of unbranched alkanes of at least 4 members (excludes halogenated alkanes) is 1. The molecule has 3 rings (SSSR count). The molecule has 0 bridgehead atoms. The SMILES string of the molecule is CCCCNC(=O)[C@H](CC)N(Cc1ccc(F)cc1)C(=O)CN(c1ccc(OC)c(Cl)c1)S(=O)(=O)c1ccccc1. The number of rotatable bonds is 14. The van der Waals surface area contributed by atoms with Gasteiger partial charge in [0.25, 0.3) is 10.0 Å². The van der Waals surface area contributed by atoms with Gasteiger partial charge in [0.15, 0.2) is 0 Å². The van der Waals surface area contributed by atoms with Crippen LogP contribution in [0.3, 0.4) is 0 Å². The van der Waals surface area contributed by atoms with Gasteiger partial charge in [0.2, 0.25) is 11.8 Å². The summed E-state index contributed by atoms with van der Waals surface area (Å²) >= 11 is 6.34. The minimum atomic E-state index is -4.23.